The van der Waals surface area contributed by atoms with Crippen molar-refractivity contribution in [3.63, 3.8) is 0 Å². The van der Waals surface area contributed by atoms with Crippen molar-refractivity contribution in [3.8, 4) is 0 Å². The van der Waals surface area contributed by atoms with Crippen molar-refractivity contribution >= 4 is 28.4 Å². The van der Waals surface area contributed by atoms with Crippen LogP contribution >= 0.6 is 23.2 Å². The lowest BCUT2D eigenvalue weighted by Crippen LogP contribution is -2.03. The number of methoxy groups -OCH3 is 1. The van der Waals surface area contributed by atoms with E-state index in [4.69, 9.17) is 27.9 Å². The Labute approximate surface area is 91.2 Å². The summed E-state index contributed by atoms with van der Waals surface area (Å²) in [5.74, 6) is 0.526. The minimum absolute atomic E-state index is 0.0751. The van der Waals surface area contributed by atoms with E-state index in [1.165, 1.54) is 6.20 Å². The van der Waals surface area contributed by atoms with Crippen molar-refractivity contribution in [2.45, 2.75) is 6.42 Å². The summed E-state index contributed by atoms with van der Waals surface area (Å²) in [7, 11) is 1.58. The third-order valence-corrected chi connectivity index (χ3v) is 2.03. The van der Waals surface area contributed by atoms with E-state index in [-0.39, 0.29) is 10.7 Å². The molecule has 0 N–H and O–H groups in total. The molecule has 0 bridgehead atoms. The number of aromatic nitrogens is 2. The van der Waals surface area contributed by atoms with Crippen molar-refractivity contribution < 1.29 is 9.53 Å². The van der Waals surface area contributed by atoms with Crippen molar-refractivity contribution in [1.29, 1.82) is 0 Å². The van der Waals surface area contributed by atoms with Gasteiger partial charge >= 0.3 is 0 Å². The van der Waals surface area contributed by atoms with Gasteiger partial charge in [0.05, 0.1) is 12.2 Å². The molecule has 0 amide bonds. The molecule has 1 heterocycles. The van der Waals surface area contributed by atoms with E-state index in [2.05, 4.69) is 9.97 Å². The molecule has 0 radical (unpaired) electrons. The maximum atomic E-state index is 10.8. The van der Waals surface area contributed by atoms with E-state index in [0.29, 0.717) is 18.9 Å². The number of nitrogens with zero attached hydrogens (tertiary/aromatic N) is 2. The summed E-state index contributed by atoms with van der Waals surface area (Å²) in [6, 6.07) is 0. The molecule has 0 aliphatic rings. The first-order valence-electron chi connectivity index (χ1n) is 3.85. The average Bonchev–Trinajstić information content (AvgIpc) is 2.14. The van der Waals surface area contributed by atoms with Crippen LogP contribution in [0, 0.1) is 0 Å². The minimum atomic E-state index is -0.659. The molecule has 76 valence electrons. The Morgan fingerprint density at radius 2 is 2.36 bits per heavy atom. The highest BCUT2D eigenvalue weighted by molar-refractivity contribution is 6.68. The van der Waals surface area contributed by atoms with Crippen LogP contribution < -0.4 is 0 Å². The molecular weight excluding hydrogens is 227 g/mol. The maximum absolute atomic E-state index is 10.8. The zero-order chi connectivity index (χ0) is 10.6. The number of ether oxygens (including phenoxy) is 1. The Hall–Kier alpha value is -0.710. The first-order chi connectivity index (χ1) is 6.65. The normalized spacial score (nSPS) is 10.2. The van der Waals surface area contributed by atoms with Gasteiger partial charge in [-0.2, -0.15) is 0 Å². The van der Waals surface area contributed by atoms with Gasteiger partial charge in [-0.15, -0.1) is 0 Å². The zero-order valence-electron chi connectivity index (χ0n) is 7.46. The van der Waals surface area contributed by atoms with Gasteiger partial charge in [0.15, 0.2) is 0 Å². The van der Waals surface area contributed by atoms with Crippen LogP contribution in [0.3, 0.4) is 0 Å². The maximum Gasteiger partial charge on any atom is 0.257 e. The van der Waals surface area contributed by atoms with Gasteiger partial charge in [0.25, 0.3) is 5.24 Å². The van der Waals surface area contributed by atoms with Gasteiger partial charge in [-0.3, -0.25) is 4.79 Å². The number of hydrogen-bond donors (Lipinski definition) is 0. The van der Waals surface area contributed by atoms with Crippen LogP contribution in [0.2, 0.25) is 5.15 Å². The molecule has 0 saturated heterocycles. The zero-order valence-corrected chi connectivity index (χ0v) is 8.97. The highest BCUT2D eigenvalue weighted by Crippen LogP contribution is 2.14. The summed E-state index contributed by atoms with van der Waals surface area (Å²) in [5.41, 5.74) is 0.120. The predicted molar refractivity (Wildman–Crippen MR) is 52.8 cm³/mol. The molecule has 0 spiro atoms. The van der Waals surface area contributed by atoms with Crippen LogP contribution in [0.1, 0.15) is 16.2 Å². The van der Waals surface area contributed by atoms with Gasteiger partial charge in [0.2, 0.25) is 0 Å². The van der Waals surface area contributed by atoms with Crippen LogP contribution in [-0.4, -0.2) is 28.9 Å². The van der Waals surface area contributed by atoms with E-state index < -0.39 is 5.24 Å². The summed E-state index contributed by atoms with van der Waals surface area (Å²) in [6.45, 7) is 0.504. The summed E-state index contributed by atoms with van der Waals surface area (Å²) >= 11 is 10.9. The van der Waals surface area contributed by atoms with Crippen LogP contribution in [0.15, 0.2) is 6.20 Å². The molecule has 0 aromatic carbocycles. The molecule has 0 unspecified atom stereocenters. The Balaban J connectivity index is 2.83. The number of carbonyl (C=O) groups excluding carboxylic acids is 1. The molecule has 14 heavy (non-hydrogen) atoms. The molecule has 1 rings (SSSR count). The molecule has 0 aliphatic heterocycles. The highest BCUT2D eigenvalue weighted by atomic mass is 35.5. The SMILES string of the molecule is COCCc1ncc(C(=O)Cl)c(Cl)n1. The van der Waals surface area contributed by atoms with Gasteiger partial charge in [-0.05, 0) is 11.6 Å². The van der Waals surface area contributed by atoms with Crippen molar-refractivity contribution in [2.24, 2.45) is 0 Å². The second-order valence-electron chi connectivity index (χ2n) is 2.51. The van der Waals surface area contributed by atoms with E-state index in [9.17, 15) is 4.79 Å². The quantitative estimate of drug-likeness (QED) is 0.588. The van der Waals surface area contributed by atoms with Crippen molar-refractivity contribution in [1.82, 2.24) is 9.97 Å². The van der Waals surface area contributed by atoms with Crippen molar-refractivity contribution in [3.05, 3.63) is 22.7 Å². The van der Waals surface area contributed by atoms with Gasteiger partial charge < -0.3 is 4.74 Å². The van der Waals surface area contributed by atoms with E-state index >= 15 is 0 Å². The molecule has 0 saturated carbocycles. The Morgan fingerprint density at radius 3 is 2.86 bits per heavy atom. The number of halogens is 2. The molecule has 6 heteroatoms. The molecule has 0 aliphatic carbocycles. The van der Waals surface area contributed by atoms with Gasteiger partial charge in [0, 0.05) is 19.7 Å². The monoisotopic (exact) mass is 234 g/mol. The molecular formula is C8H8Cl2N2O2. The van der Waals surface area contributed by atoms with Gasteiger partial charge in [-0.1, -0.05) is 11.6 Å². The van der Waals surface area contributed by atoms with Gasteiger partial charge in [-0.25, -0.2) is 9.97 Å². The Kier molecular flexibility index (Phi) is 4.25. The third kappa shape index (κ3) is 2.90. The molecule has 0 fully saturated rings. The standard InChI is InChI=1S/C8H8Cl2N2O2/c1-14-3-2-6-11-4-5(8(10)13)7(9)12-6/h4H,2-3H2,1H3. The predicted octanol–water partition coefficient (Wildman–Crippen LogP) is 1.70. The lowest BCUT2D eigenvalue weighted by Gasteiger charge is -2.01. The molecule has 4 nitrogen and oxygen atoms in total. The molecule has 1 aromatic rings. The second-order valence-corrected chi connectivity index (χ2v) is 3.21. The fourth-order valence-corrected chi connectivity index (χ4v) is 1.26. The fraction of sp³-hybridized carbons (Fsp3) is 0.375. The van der Waals surface area contributed by atoms with Gasteiger partial charge in [0.1, 0.15) is 11.0 Å². The topological polar surface area (TPSA) is 52.1 Å². The van der Waals surface area contributed by atoms with E-state index in [1.807, 2.05) is 0 Å². The van der Waals surface area contributed by atoms with Crippen molar-refractivity contribution in [2.75, 3.05) is 13.7 Å². The number of hydrogen-bond acceptors (Lipinski definition) is 4. The van der Waals surface area contributed by atoms with Crippen LogP contribution in [-0.2, 0) is 11.2 Å². The molecule has 1 aromatic heterocycles. The Morgan fingerprint density at radius 1 is 1.64 bits per heavy atom. The molecule has 0 atom stereocenters. The number of carbonyl (C=O) groups is 1. The summed E-state index contributed by atoms with van der Waals surface area (Å²) in [5, 5.41) is -0.584. The fourth-order valence-electron chi connectivity index (χ4n) is 0.840. The van der Waals surface area contributed by atoms with E-state index in [0.717, 1.165) is 0 Å². The summed E-state index contributed by atoms with van der Waals surface area (Å²) in [4.78, 5) is 18.6. The lowest BCUT2D eigenvalue weighted by molar-refractivity contribution is 0.108. The third-order valence-electron chi connectivity index (χ3n) is 1.53. The first-order valence-corrected chi connectivity index (χ1v) is 4.61. The van der Waals surface area contributed by atoms with E-state index in [1.54, 1.807) is 7.11 Å². The summed E-state index contributed by atoms with van der Waals surface area (Å²) in [6.07, 6.45) is 1.86. The number of rotatable bonds is 4. The summed E-state index contributed by atoms with van der Waals surface area (Å²) < 4.78 is 4.85. The van der Waals surface area contributed by atoms with Crippen LogP contribution in [0.25, 0.3) is 0 Å². The smallest absolute Gasteiger partial charge is 0.257 e. The average molecular weight is 235 g/mol. The second kappa shape index (κ2) is 5.24. The highest BCUT2D eigenvalue weighted by Gasteiger charge is 2.10. The largest absolute Gasteiger partial charge is 0.384 e. The van der Waals surface area contributed by atoms with Crippen LogP contribution in [0.5, 0.6) is 0 Å². The minimum Gasteiger partial charge on any atom is -0.384 e. The Bertz CT molecular complexity index is 344. The lowest BCUT2D eigenvalue weighted by atomic mass is 10.3. The van der Waals surface area contributed by atoms with Crippen LogP contribution in [0.4, 0.5) is 0 Å². The first kappa shape index (κ1) is 11.4.